The first-order valence-electron chi connectivity index (χ1n) is 6.76. The van der Waals surface area contributed by atoms with Crippen molar-refractivity contribution in [2.45, 2.75) is 18.9 Å². The average Bonchev–Trinajstić information content (AvgIpc) is 2.89. The number of hydrogen-bond donors (Lipinski definition) is 0. The van der Waals surface area contributed by atoms with Crippen LogP contribution in [0.3, 0.4) is 0 Å². The maximum Gasteiger partial charge on any atom is 0.355 e. The van der Waals surface area contributed by atoms with Gasteiger partial charge in [-0.05, 0) is 18.6 Å². The Kier molecular flexibility index (Phi) is 3.18. The number of para-hydroxylation sites is 1. The molecule has 0 fully saturated rings. The summed E-state index contributed by atoms with van der Waals surface area (Å²) in [7, 11) is 0. The van der Waals surface area contributed by atoms with E-state index in [2.05, 4.69) is 0 Å². The molecule has 1 aliphatic rings. The number of benzene rings is 2. The summed E-state index contributed by atoms with van der Waals surface area (Å²) in [6, 6.07) is 17.3. The van der Waals surface area contributed by atoms with Crippen molar-refractivity contribution in [1.29, 1.82) is 0 Å². The maximum absolute atomic E-state index is 12.5. The molecule has 0 N–H and O–H groups in total. The van der Waals surface area contributed by atoms with E-state index in [1.807, 2.05) is 54.6 Å². The lowest BCUT2D eigenvalue weighted by Crippen LogP contribution is -2.41. The third-order valence-electron chi connectivity index (χ3n) is 3.54. The molecule has 1 heterocycles. The lowest BCUT2D eigenvalue weighted by atomic mass is 9.89. The quantitative estimate of drug-likeness (QED) is 0.802. The second-order valence-electron chi connectivity index (χ2n) is 4.80. The highest BCUT2D eigenvalue weighted by molar-refractivity contribution is 5.83. The molecule has 1 unspecified atom stereocenters. The van der Waals surface area contributed by atoms with Gasteiger partial charge < -0.3 is 9.47 Å². The second kappa shape index (κ2) is 5.00. The second-order valence-corrected chi connectivity index (χ2v) is 4.80. The fourth-order valence-electron chi connectivity index (χ4n) is 2.59. The summed E-state index contributed by atoms with van der Waals surface area (Å²) in [4.78, 5) is 12.5. The molecule has 1 aliphatic heterocycles. The van der Waals surface area contributed by atoms with Crippen LogP contribution in [0.2, 0.25) is 0 Å². The summed E-state index contributed by atoms with van der Waals surface area (Å²) < 4.78 is 11.3. The Hall–Kier alpha value is -2.29. The lowest BCUT2D eigenvalue weighted by Gasteiger charge is -2.26. The third-order valence-corrected chi connectivity index (χ3v) is 3.54. The van der Waals surface area contributed by atoms with Crippen LogP contribution in [0.5, 0.6) is 5.75 Å². The predicted octanol–water partition coefficient (Wildman–Crippen LogP) is 3.08. The first-order chi connectivity index (χ1) is 9.76. The lowest BCUT2D eigenvalue weighted by molar-refractivity contribution is -0.161. The van der Waals surface area contributed by atoms with Crippen LogP contribution in [0.25, 0.3) is 0 Å². The molecular formula is C17H16O3. The van der Waals surface area contributed by atoms with Crippen LogP contribution in [-0.2, 0) is 21.6 Å². The van der Waals surface area contributed by atoms with Gasteiger partial charge in [-0.1, -0.05) is 48.5 Å². The van der Waals surface area contributed by atoms with Gasteiger partial charge in [0.25, 0.3) is 0 Å². The van der Waals surface area contributed by atoms with Crippen LogP contribution in [-0.4, -0.2) is 12.6 Å². The molecule has 3 rings (SSSR count). The van der Waals surface area contributed by atoms with Gasteiger partial charge in [-0.3, -0.25) is 0 Å². The molecule has 3 nitrogen and oxygen atoms in total. The fourth-order valence-corrected chi connectivity index (χ4v) is 2.59. The van der Waals surface area contributed by atoms with Gasteiger partial charge in [-0.25, -0.2) is 4.79 Å². The molecule has 20 heavy (non-hydrogen) atoms. The number of fused-ring (bicyclic) bond motifs is 1. The van der Waals surface area contributed by atoms with Gasteiger partial charge in [0.15, 0.2) is 0 Å². The Bertz CT molecular complexity index is 594. The van der Waals surface area contributed by atoms with Crippen LogP contribution in [0.15, 0.2) is 54.6 Å². The minimum absolute atomic E-state index is 0.331. The predicted molar refractivity (Wildman–Crippen MR) is 75.5 cm³/mol. The highest BCUT2D eigenvalue weighted by atomic mass is 16.6. The summed E-state index contributed by atoms with van der Waals surface area (Å²) in [6.45, 7) is 2.14. The molecule has 3 heteroatoms. The van der Waals surface area contributed by atoms with E-state index in [0.29, 0.717) is 13.0 Å². The number of rotatable bonds is 3. The number of hydrogen-bond acceptors (Lipinski definition) is 3. The van der Waals surface area contributed by atoms with Crippen molar-refractivity contribution in [3.8, 4) is 5.75 Å². The first-order valence-corrected chi connectivity index (χ1v) is 6.76. The van der Waals surface area contributed by atoms with Gasteiger partial charge in [0, 0.05) is 12.0 Å². The van der Waals surface area contributed by atoms with Crippen molar-refractivity contribution >= 4 is 5.97 Å². The van der Waals surface area contributed by atoms with E-state index in [0.717, 1.165) is 16.9 Å². The zero-order valence-corrected chi connectivity index (χ0v) is 11.3. The Morgan fingerprint density at radius 3 is 2.55 bits per heavy atom. The van der Waals surface area contributed by atoms with Crippen molar-refractivity contribution in [2.24, 2.45) is 0 Å². The summed E-state index contributed by atoms with van der Waals surface area (Å²) in [5.74, 6) is 0.423. The zero-order valence-electron chi connectivity index (χ0n) is 11.3. The van der Waals surface area contributed by atoms with Crippen molar-refractivity contribution in [2.75, 3.05) is 6.61 Å². The molecule has 2 aromatic rings. The molecule has 0 aliphatic carbocycles. The molecule has 102 valence electrons. The average molecular weight is 268 g/mol. The minimum Gasteiger partial charge on any atom is -0.470 e. The Labute approximate surface area is 118 Å². The van der Waals surface area contributed by atoms with E-state index in [4.69, 9.17) is 9.47 Å². The van der Waals surface area contributed by atoms with E-state index in [1.54, 1.807) is 6.92 Å². The number of carbonyl (C=O) groups excluding carboxylic acids is 1. The van der Waals surface area contributed by atoms with Crippen LogP contribution in [0, 0.1) is 0 Å². The fraction of sp³-hybridized carbons (Fsp3) is 0.235. The zero-order chi connectivity index (χ0) is 14.0. The van der Waals surface area contributed by atoms with E-state index >= 15 is 0 Å². The normalized spacial score (nSPS) is 20.1. The highest BCUT2D eigenvalue weighted by Gasteiger charge is 2.49. The number of esters is 1. The van der Waals surface area contributed by atoms with Crippen LogP contribution < -0.4 is 4.74 Å². The number of ether oxygens (including phenoxy) is 2. The molecular weight excluding hydrogens is 252 g/mol. The van der Waals surface area contributed by atoms with Crippen molar-refractivity contribution < 1.29 is 14.3 Å². The number of carbonyl (C=O) groups is 1. The van der Waals surface area contributed by atoms with Gasteiger partial charge in [0.2, 0.25) is 5.60 Å². The van der Waals surface area contributed by atoms with E-state index in [9.17, 15) is 4.79 Å². The minimum atomic E-state index is -1.05. The Morgan fingerprint density at radius 1 is 1.15 bits per heavy atom. The Balaban J connectivity index is 2.06. The van der Waals surface area contributed by atoms with E-state index in [-0.39, 0.29) is 5.97 Å². The monoisotopic (exact) mass is 268 g/mol. The summed E-state index contributed by atoms with van der Waals surface area (Å²) >= 11 is 0. The summed E-state index contributed by atoms with van der Waals surface area (Å²) in [6.07, 6.45) is 0.506. The smallest absolute Gasteiger partial charge is 0.355 e. The third kappa shape index (κ3) is 1.95. The van der Waals surface area contributed by atoms with Gasteiger partial charge in [-0.2, -0.15) is 0 Å². The summed E-state index contributed by atoms with van der Waals surface area (Å²) in [5, 5.41) is 0. The van der Waals surface area contributed by atoms with Gasteiger partial charge in [0.1, 0.15) is 5.75 Å². The summed E-state index contributed by atoms with van der Waals surface area (Å²) in [5.41, 5.74) is 0.806. The molecule has 0 aromatic heterocycles. The SMILES string of the molecule is CCOC(=O)C1(c2ccccc2)Cc2ccccc2O1. The van der Waals surface area contributed by atoms with Crippen molar-refractivity contribution in [3.63, 3.8) is 0 Å². The van der Waals surface area contributed by atoms with Crippen LogP contribution >= 0.6 is 0 Å². The van der Waals surface area contributed by atoms with Crippen molar-refractivity contribution in [1.82, 2.24) is 0 Å². The largest absolute Gasteiger partial charge is 0.470 e. The molecule has 0 spiro atoms. The molecule has 0 radical (unpaired) electrons. The molecule has 1 atom stereocenters. The standard InChI is InChI=1S/C17H16O3/c1-2-19-16(18)17(14-9-4-3-5-10-14)12-13-8-6-7-11-15(13)20-17/h3-11H,2,12H2,1H3. The van der Waals surface area contributed by atoms with Crippen molar-refractivity contribution in [3.05, 3.63) is 65.7 Å². The molecule has 0 amide bonds. The molecule has 0 saturated carbocycles. The Morgan fingerprint density at radius 2 is 1.85 bits per heavy atom. The first kappa shape index (κ1) is 12.7. The van der Waals surface area contributed by atoms with Crippen LogP contribution in [0.1, 0.15) is 18.1 Å². The maximum atomic E-state index is 12.5. The molecule has 0 saturated heterocycles. The molecule has 2 aromatic carbocycles. The van der Waals surface area contributed by atoms with Crippen LogP contribution in [0.4, 0.5) is 0 Å². The van der Waals surface area contributed by atoms with Gasteiger partial charge in [0.05, 0.1) is 6.61 Å². The van der Waals surface area contributed by atoms with Gasteiger partial charge >= 0.3 is 5.97 Å². The van der Waals surface area contributed by atoms with Gasteiger partial charge in [-0.15, -0.1) is 0 Å². The highest BCUT2D eigenvalue weighted by Crippen LogP contribution is 2.42. The van der Waals surface area contributed by atoms with E-state index < -0.39 is 5.60 Å². The van der Waals surface area contributed by atoms with E-state index in [1.165, 1.54) is 0 Å². The topological polar surface area (TPSA) is 35.5 Å². The molecule has 0 bridgehead atoms.